The normalized spacial score (nSPS) is 12.7. The molecule has 0 aliphatic heterocycles. The molecule has 1 rings (SSSR count). The highest BCUT2D eigenvalue weighted by atomic mass is 16.4. The lowest BCUT2D eigenvalue weighted by atomic mass is 10.0. The van der Waals surface area contributed by atoms with Crippen molar-refractivity contribution in [2.75, 3.05) is 13.1 Å². The first-order valence-corrected chi connectivity index (χ1v) is 9.06. The molecule has 1 aromatic rings. The third kappa shape index (κ3) is 8.63. The van der Waals surface area contributed by atoms with E-state index in [2.05, 4.69) is 16.0 Å². The summed E-state index contributed by atoms with van der Waals surface area (Å²) < 4.78 is 0. The van der Waals surface area contributed by atoms with Crippen molar-refractivity contribution in [3.63, 3.8) is 0 Å². The molecule has 2 unspecified atom stereocenters. The van der Waals surface area contributed by atoms with Crippen LogP contribution in [0.2, 0.25) is 0 Å². The lowest BCUT2D eigenvalue weighted by Gasteiger charge is -2.20. The Hall–Kier alpha value is -2.94. The molecule has 0 aromatic heterocycles. The average Bonchev–Trinajstić information content (AvgIpc) is 2.65. The Balaban J connectivity index is 2.60. The van der Waals surface area contributed by atoms with E-state index in [-0.39, 0.29) is 18.9 Å². The first-order chi connectivity index (χ1) is 13.2. The van der Waals surface area contributed by atoms with Crippen LogP contribution in [0.4, 0.5) is 0 Å². The van der Waals surface area contributed by atoms with Gasteiger partial charge in [0.2, 0.25) is 17.7 Å². The number of carbonyl (C=O) groups is 4. The van der Waals surface area contributed by atoms with E-state index in [1.165, 1.54) is 0 Å². The van der Waals surface area contributed by atoms with E-state index in [0.29, 0.717) is 6.42 Å². The molecule has 9 nitrogen and oxygen atoms in total. The van der Waals surface area contributed by atoms with Crippen molar-refractivity contribution in [1.82, 2.24) is 16.0 Å². The Kier molecular flexibility index (Phi) is 9.66. The van der Waals surface area contributed by atoms with Gasteiger partial charge in [-0.2, -0.15) is 0 Å². The minimum atomic E-state index is -1.17. The number of nitrogens with one attached hydrogen (secondary N) is 3. The van der Waals surface area contributed by atoms with Crippen LogP contribution in [0.25, 0.3) is 0 Å². The number of amides is 3. The zero-order chi connectivity index (χ0) is 21.1. The van der Waals surface area contributed by atoms with E-state index < -0.39 is 42.3 Å². The highest BCUT2D eigenvalue weighted by Crippen LogP contribution is 2.05. The van der Waals surface area contributed by atoms with Crippen LogP contribution in [0.1, 0.15) is 25.8 Å². The van der Waals surface area contributed by atoms with E-state index in [1.54, 1.807) is 24.3 Å². The summed E-state index contributed by atoms with van der Waals surface area (Å²) in [5.74, 6) is -2.67. The van der Waals surface area contributed by atoms with Gasteiger partial charge in [-0.15, -0.1) is 0 Å². The number of aliphatic carboxylic acids is 1. The smallest absolute Gasteiger partial charge is 0.326 e. The second kappa shape index (κ2) is 11.7. The molecule has 28 heavy (non-hydrogen) atoms. The maximum absolute atomic E-state index is 12.3. The standard InChI is InChI=1S/C19H28N4O5/c1-12(2)8-14(22-16(24)10-20)18(26)21-11-17(25)23-15(19(27)28)9-13-6-4-3-5-7-13/h3-7,12,14-15H,8-11,20H2,1-2H3,(H,21,26)(H,22,24)(H,23,25)(H,27,28). The van der Waals surface area contributed by atoms with Crippen molar-refractivity contribution < 1.29 is 24.3 Å². The molecule has 3 amide bonds. The van der Waals surface area contributed by atoms with Gasteiger partial charge in [0.25, 0.3) is 0 Å². The summed E-state index contributed by atoms with van der Waals surface area (Å²) in [4.78, 5) is 47.2. The van der Waals surface area contributed by atoms with Gasteiger partial charge in [-0.1, -0.05) is 44.2 Å². The van der Waals surface area contributed by atoms with Gasteiger partial charge < -0.3 is 26.8 Å². The summed E-state index contributed by atoms with van der Waals surface area (Å²) in [5, 5.41) is 16.6. The van der Waals surface area contributed by atoms with Gasteiger partial charge in [0.1, 0.15) is 12.1 Å². The van der Waals surface area contributed by atoms with Crippen LogP contribution in [0.15, 0.2) is 30.3 Å². The van der Waals surface area contributed by atoms with Gasteiger partial charge in [-0.05, 0) is 17.9 Å². The Morgan fingerprint density at radius 2 is 1.61 bits per heavy atom. The molecule has 0 bridgehead atoms. The minimum absolute atomic E-state index is 0.123. The fraction of sp³-hybridized carbons (Fsp3) is 0.474. The molecular formula is C19H28N4O5. The topological polar surface area (TPSA) is 151 Å². The molecular weight excluding hydrogens is 364 g/mol. The summed E-state index contributed by atoms with van der Waals surface area (Å²) in [5.41, 5.74) is 6.02. The number of carboxylic acid groups (broad SMARTS) is 1. The number of hydrogen-bond acceptors (Lipinski definition) is 5. The highest BCUT2D eigenvalue weighted by molar-refractivity contribution is 5.91. The van der Waals surface area contributed by atoms with Crippen molar-refractivity contribution >= 4 is 23.7 Å². The Morgan fingerprint density at radius 3 is 2.14 bits per heavy atom. The van der Waals surface area contributed by atoms with Crippen LogP contribution >= 0.6 is 0 Å². The van der Waals surface area contributed by atoms with Gasteiger partial charge >= 0.3 is 5.97 Å². The van der Waals surface area contributed by atoms with Gasteiger partial charge in [0.05, 0.1) is 13.1 Å². The number of hydrogen-bond donors (Lipinski definition) is 5. The van der Waals surface area contributed by atoms with Crippen LogP contribution < -0.4 is 21.7 Å². The van der Waals surface area contributed by atoms with Crippen molar-refractivity contribution in [3.8, 4) is 0 Å². The van der Waals surface area contributed by atoms with Gasteiger partial charge in [0.15, 0.2) is 0 Å². The Morgan fingerprint density at radius 1 is 1.00 bits per heavy atom. The highest BCUT2D eigenvalue weighted by Gasteiger charge is 2.24. The maximum Gasteiger partial charge on any atom is 0.326 e. The van der Waals surface area contributed by atoms with Crippen molar-refractivity contribution in [2.45, 2.75) is 38.8 Å². The third-order valence-corrected chi connectivity index (χ3v) is 3.88. The molecule has 2 atom stereocenters. The third-order valence-electron chi connectivity index (χ3n) is 3.88. The minimum Gasteiger partial charge on any atom is -0.480 e. The van der Waals surface area contributed by atoms with E-state index >= 15 is 0 Å². The van der Waals surface area contributed by atoms with Crippen LogP contribution in [0.5, 0.6) is 0 Å². The molecule has 0 saturated carbocycles. The second-order valence-corrected chi connectivity index (χ2v) is 6.82. The maximum atomic E-state index is 12.3. The molecule has 154 valence electrons. The van der Waals surface area contributed by atoms with E-state index in [4.69, 9.17) is 5.73 Å². The molecule has 0 heterocycles. The Bertz CT molecular complexity index is 678. The number of carbonyl (C=O) groups excluding carboxylic acids is 3. The van der Waals surface area contributed by atoms with Crippen molar-refractivity contribution in [3.05, 3.63) is 35.9 Å². The number of nitrogens with two attached hydrogens (primary N) is 1. The van der Waals surface area contributed by atoms with E-state index in [0.717, 1.165) is 5.56 Å². The van der Waals surface area contributed by atoms with Gasteiger partial charge in [0, 0.05) is 6.42 Å². The number of carboxylic acids is 1. The lowest BCUT2D eigenvalue weighted by molar-refractivity contribution is -0.141. The second-order valence-electron chi connectivity index (χ2n) is 6.82. The SMILES string of the molecule is CC(C)CC(NC(=O)CN)C(=O)NCC(=O)NC(Cc1ccccc1)C(=O)O. The molecule has 6 N–H and O–H groups in total. The molecule has 0 saturated heterocycles. The molecule has 0 fully saturated rings. The molecule has 9 heteroatoms. The molecule has 0 spiro atoms. The fourth-order valence-electron chi connectivity index (χ4n) is 2.54. The number of benzene rings is 1. The van der Waals surface area contributed by atoms with Crippen LogP contribution in [0.3, 0.4) is 0 Å². The van der Waals surface area contributed by atoms with Crippen LogP contribution in [-0.4, -0.2) is 54.0 Å². The first-order valence-electron chi connectivity index (χ1n) is 9.06. The van der Waals surface area contributed by atoms with Crippen molar-refractivity contribution in [1.29, 1.82) is 0 Å². The monoisotopic (exact) mass is 392 g/mol. The summed E-state index contributed by atoms with van der Waals surface area (Å²) >= 11 is 0. The van der Waals surface area contributed by atoms with Gasteiger partial charge in [-0.25, -0.2) is 4.79 Å². The molecule has 0 radical (unpaired) electrons. The van der Waals surface area contributed by atoms with E-state index in [9.17, 15) is 24.3 Å². The summed E-state index contributed by atoms with van der Waals surface area (Å²) in [7, 11) is 0. The average molecular weight is 392 g/mol. The summed E-state index contributed by atoms with van der Waals surface area (Å²) in [6.45, 7) is 3.14. The predicted molar refractivity (Wildman–Crippen MR) is 103 cm³/mol. The van der Waals surface area contributed by atoms with Crippen molar-refractivity contribution in [2.24, 2.45) is 11.7 Å². The molecule has 0 aliphatic rings. The van der Waals surface area contributed by atoms with Crippen LogP contribution in [-0.2, 0) is 25.6 Å². The predicted octanol–water partition coefficient (Wildman–Crippen LogP) is -0.596. The van der Waals surface area contributed by atoms with E-state index in [1.807, 2.05) is 19.9 Å². The fourth-order valence-corrected chi connectivity index (χ4v) is 2.54. The largest absolute Gasteiger partial charge is 0.480 e. The number of rotatable bonds is 11. The van der Waals surface area contributed by atoms with Gasteiger partial charge in [-0.3, -0.25) is 14.4 Å². The summed E-state index contributed by atoms with van der Waals surface area (Å²) in [6, 6.07) is 6.96. The first kappa shape index (κ1) is 23.1. The van der Waals surface area contributed by atoms with Crippen LogP contribution in [0, 0.1) is 5.92 Å². The Labute approximate surface area is 164 Å². The molecule has 1 aromatic carbocycles. The lowest BCUT2D eigenvalue weighted by Crippen LogP contribution is -2.52. The molecule has 0 aliphatic carbocycles. The zero-order valence-electron chi connectivity index (χ0n) is 16.1. The zero-order valence-corrected chi connectivity index (χ0v) is 16.1. The summed E-state index contributed by atoms with van der Waals surface area (Å²) in [6.07, 6.45) is 0.503. The quantitative estimate of drug-likeness (QED) is 0.339.